The molecule has 0 fully saturated rings. The first-order chi connectivity index (χ1) is 14.5. The van der Waals surface area contributed by atoms with Gasteiger partial charge in [-0.15, -0.1) is 15.0 Å². The molecule has 0 saturated carbocycles. The van der Waals surface area contributed by atoms with E-state index in [1.54, 1.807) is 16.9 Å². The molecule has 1 amide bonds. The van der Waals surface area contributed by atoms with Crippen LogP contribution in [0.3, 0.4) is 0 Å². The zero-order valence-electron chi connectivity index (χ0n) is 17.1. The second-order valence-corrected chi connectivity index (χ2v) is 6.95. The van der Waals surface area contributed by atoms with Crippen LogP contribution >= 0.6 is 0 Å². The van der Waals surface area contributed by atoms with Gasteiger partial charge in [0.05, 0.1) is 11.7 Å². The molecule has 10 nitrogen and oxygen atoms in total. The second-order valence-electron chi connectivity index (χ2n) is 6.95. The first-order valence-corrected chi connectivity index (χ1v) is 9.75. The van der Waals surface area contributed by atoms with Crippen LogP contribution in [-0.2, 0) is 13.2 Å². The maximum atomic E-state index is 12.6. The number of nitrogens with zero attached hydrogens (tertiary/aromatic N) is 8. The Balaban J connectivity index is 1.40. The highest BCUT2D eigenvalue weighted by Gasteiger charge is 2.17. The molecule has 0 radical (unpaired) electrons. The summed E-state index contributed by atoms with van der Waals surface area (Å²) in [5.41, 5.74) is 3.11. The summed E-state index contributed by atoms with van der Waals surface area (Å²) in [6.45, 7) is 6.94. The Labute approximate surface area is 173 Å². The van der Waals surface area contributed by atoms with Crippen LogP contribution in [0.4, 0.5) is 0 Å². The molecule has 10 heteroatoms. The van der Waals surface area contributed by atoms with E-state index in [0.717, 1.165) is 23.4 Å². The number of rotatable bonds is 7. The van der Waals surface area contributed by atoms with E-state index in [1.165, 1.54) is 4.80 Å². The van der Waals surface area contributed by atoms with Crippen molar-refractivity contribution in [1.82, 2.24) is 45.1 Å². The van der Waals surface area contributed by atoms with Crippen molar-refractivity contribution in [1.29, 1.82) is 0 Å². The Hall–Kier alpha value is -3.82. The van der Waals surface area contributed by atoms with Crippen molar-refractivity contribution in [2.24, 2.45) is 0 Å². The molecule has 1 aromatic carbocycles. The minimum atomic E-state index is -0.249. The molecule has 30 heavy (non-hydrogen) atoms. The highest BCUT2D eigenvalue weighted by Crippen LogP contribution is 2.16. The molecule has 1 atom stereocenters. The molecule has 0 aliphatic carbocycles. The van der Waals surface area contributed by atoms with Crippen LogP contribution in [0.15, 0.2) is 48.8 Å². The van der Waals surface area contributed by atoms with Gasteiger partial charge >= 0.3 is 0 Å². The van der Waals surface area contributed by atoms with E-state index in [-0.39, 0.29) is 18.6 Å². The first-order valence-electron chi connectivity index (χ1n) is 9.75. The summed E-state index contributed by atoms with van der Waals surface area (Å²) in [5, 5.41) is 24.2. The van der Waals surface area contributed by atoms with E-state index in [4.69, 9.17) is 0 Å². The Morgan fingerprint density at radius 3 is 2.63 bits per heavy atom. The van der Waals surface area contributed by atoms with Gasteiger partial charge in [0.15, 0.2) is 6.67 Å². The number of tetrazole rings is 1. The fourth-order valence-corrected chi connectivity index (χ4v) is 3.17. The molecule has 0 bridgehead atoms. The van der Waals surface area contributed by atoms with Gasteiger partial charge in [-0.05, 0) is 32.1 Å². The normalized spacial score (nSPS) is 12.1. The highest BCUT2D eigenvalue weighted by atomic mass is 16.2. The number of aryl methyl sites for hydroxylation is 2. The van der Waals surface area contributed by atoms with E-state index in [0.29, 0.717) is 11.5 Å². The average Bonchev–Trinajstić information content (AvgIpc) is 3.49. The highest BCUT2D eigenvalue weighted by molar-refractivity contribution is 5.92. The lowest BCUT2D eigenvalue weighted by molar-refractivity contribution is 0.0933. The third kappa shape index (κ3) is 4.12. The van der Waals surface area contributed by atoms with Crippen LogP contribution in [0.1, 0.15) is 41.6 Å². The summed E-state index contributed by atoms with van der Waals surface area (Å²) in [5.74, 6) is 0.291. The third-order valence-electron chi connectivity index (χ3n) is 4.75. The predicted octanol–water partition coefficient (Wildman–Crippen LogP) is 2.06. The molecule has 4 rings (SSSR count). The van der Waals surface area contributed by atoms with Crippen molar-refractivity contribution < 1.29 is 4.79 Å². The van der Waals surface area contributed by atoms with E-state index in [9.17, 15) is 4.79 Å². The number of nitrogens with one attached hydrogen (secondary N) is 1. The number of benzene rings is 1. The zero-order chi connectivity index (χ0) is 21.1. The van der Waals surface area contributed by atoms with E-state index < -0.39 is 0 Å². The van der Waals surface area contributed by atoms with Gasteiger partial charge in [-0.2, -0.15) is 10.2 Å². The molecule has 1 unspecified atom stereocenters. The largest absolute Gasteiger partial charge is 0.344 e. The summed E-state index contributed by atoms with van der Waals surface area (Å²) in [7, 11) is 0. The lowest BCUT2D eigenvalue weighted by Crippen LogP contribution is -2.27. The fraction of sp³-hybridized carbons (Fsp3) is 0.300. The van der Waals surface area contributed by atoms with Gasteiger partial charge in [0.2, 0.25) is 5.82 Å². The predicted molar refractivity (Wildman–Crippen MR) is 109 cm³/mol. The van der Waals surface area contributed by atoms with Crippen LogP contribution in [0.5, 0.6) is 0 Å². The quantitative estimate of drug-likeness (QED) is 0.504. The van der Waals surface area contributed by atoms with E-state index >= 15 is 0 Å². The number of hydrogen-bond donors (Lipinski definition) is 1. The van der Waals surface area contributed by atoms with Gasteiger partial charge in [0.25, 0.3) is 5.91 Å². The molecule has 0 saturated heterocycles. The first kappa shape index (κ1) is 19.5. The van der Waals surface area contributed by atoms with Crippen molar-refractivity contribution in [3.63, 3.8) is 0 Å². The third-order valence-corrected chi connectivity index (χ3v) is 4.75. The van der Waals surface area contributed by atoms with Crippen molar-refractivity contribution in [2.75, 3.05) is 0 Å². The van der Waals surface area contributed by atoms with Gasteiger partial charge in [-0.3, -0.25) is 9.48 Å². The maximum Gasteiger partial charge on any atom is 0.272 e. The Kier molecular flexibility index (Phi) is 5.38. The number of carbonyl (C=O) groups is 1. The molecular weight excluding hydrogens is 382 g/mol. The lowest BCUT2D eigenvalue weighted by atomic mass is 10.1. The zero-order valence-corrected chi connectivity index (χ0v) is 17.1. The minimum absolute atomic E-state index is 0.173. The summed E-state index contributed by atoms with van der Waals surface area (Å²) in [6.07, 6.45) is 3.67. The topological polar surface area (TPSA) is 108 Å². The lowest BCUT2D eigenvalue weighted by Gasteiger charge is -2.12. The molecule has 0 aliphatic heterocycles. The Bertz CT molecular complexity index is 1140. The van der Waals surface area contributed by atoms with E-state index in [2.05, 4.69) is 30.9 Å². The monoisotopic (exact) mass is 405 g/mol. The summed E-state index contributed by atoms with van der Waals surface area (Å²) >= 11 is 0. The summed E-state index contributed by atoms with van der Waals surface area (Å²) in [6, 6.07) is 11.1. The fourth-order valence-electron chi connectivity index (χ4n) is 3.17. The van der Waals surface area contributed by atoms with Crippen molar-refractivity contribution in [2.45, 2.75) is 40.0 Å². The minimum Gasteiger partial charge on any atom is -0.344 e. The van der Waals surface area contributed by atoms with Gasteiger partial charge < -0.3 is 5.32 Å². The molecular formula is C20H23N9O. The van der Waals surface area contributed by atoms with Gasteiger partial charge in [-0.1, -0.05) is 30.3 Å². The SMILES string of the molecule is CCn1cc(C(C)NC(=O)c2ccn(Cn3nnc(-c4ccccc4)n3)n2)c(C)n1. The Morgan fingerprint density at radius 1 is 1.10 bits per heavy atom. The van der Waals surface area contributed by atoms with Gasteiger partial charge in [0.1, 0.15) is 5.69 Å². The standard InChI is InChI=1S/C20H23N9O/c1-4-27-12-17(15(3)23-27)14(2)21-20(30)18-10-11-28(24-18)13-29-25-19(22-26-29)16-8-6-5-7-9-16/h5-12,14H,4,13H2,1-3H3,(H,21,30). The van der Waals surface area contributed by atoms with Crippen LogP contribution < -0.4 is 5.32 Å². The molecule has 4 aromatic rings. The van der Waals surface area contributed by atoms with Crippen LogP contribution in [-0.4, -0.2) is 45.7 Å². The maximum absolute atomic E-state index is 12.6. The van der Waals surface area contributed by atoms with E-state index in [1.807, 2.05) is 62.0 Å². The number of carbonyl (C=O) groups excluding carboxylic acids is 1. The number of amides is 1. The summed E-state index contributed by atoms with van der Waals surface area (Å²) < 4.78 is 3.45. The van der Waals surface area contributed by atoms with Crippen molar-refractivity contribution in [3.8, 4) is 11.4 Å². The Morgan fingerprint density at radius 2 is 1.90 bits per heavy atom. The smallest absolute Gasteiger partial charge is 0.272 e. The molecule has 0 spiro atoms. The molecule has 0 aliphatic rings. The number of aromatic nitrogens is 8. The second kappa shape index (κ2) is 8.27. The summed E-state index contributed by atoms with van der Waals surface area (Å²) in [4.78, 5) is 14.0. The number of hydrogen-bond acceptors (Lipinski definition) is 6. The van der Waals surface area contributed by atoms with Crippen LogP contribution in [0.25, 0.3) is 11.4 Å². The van der Waals surface area contributed by atoms with Crippen LogP contribution in [0.2, 0.25) is 0 Å². The molecule has 1 N–H and O–H groups in total. The van der Waals surface area contributed by atoms with Crippen molar-refractivity contribution >= 4 is 5.91 Å². The van der Waals surface area contributed by atoms with Gasteiger partial charge in [-0.25, -0.2) is 4.68 Å². The van der Waals surface area contributed by atoms with Gasteiger partial charge in [0, 0.05) is 30.1 Å². The van der Waals surface area contributed by atoms with Crippen molar-refractivity contribution in [3.05, 3.63) is 65.7 Å². The molecule has 3 aromatic heterocycles. The average molecular weight is 405 g/mol. The molecule has 3 heterocycles. The van der Waals surface area contributed by atoms with Crippen LogP contribution in [0, 0.1) is 6.92 Å². The molecule has 154 valence electrons.